The molecule has 0 saturated heterocycles. The van der Waals surface area contributed by atoms with E-state index in [0.717, 1.165) is 94.3 Å². The Hall–Kier alpha value is -7.70. The number of amidine groups is 2. The Labute approximate surface area is 326 Å². The van der Waals surface area contributed by atoms with Gasteiger partial charge in [0.25, 0.3) is 0 Å². The molecule has 0 bridgehead atoms. The number of hydrogen-bond acceptors (Lipinski definition) is 5. The maximum atomic E-state index is 6.80. The number of aliphatic imine (C=N–C) groups is 2. The molecule has 3 aromatic heterocycles. The zero-order valence-electron chi connectivity index (χ0n) is 30.6. The molecule has 1 unspecified atom stereocenters. The van der Waals surface area contributed by atoms with Crippen molar-refractivity contribution >= 4 is 77.4 Å². The number of nitrogens with zero attached hydrogens (tertiary/aromatic N) is 3. The van der Waals surface area contributed by atoms with Crippen LogP contribution in [0.5, 0.6) is 0 Å². The minimum absolute atomic E-state index is 0.423. The summed E-state index contributed by atoms with van der Waals surface area (Å²) in [5, 5.41) is 10.3. The molecular formula is C51H32N4O2. The van der Waals surface area contributed by atoms with E-state index in [2.05, 4.69) is 143 Å². The fourth-order valence-electron chi connectivity index (χ4n) is 8.74. The van der Waals surface area contributed by atoms with Crippen LogP contribution in [-0.2, 0) is 0 Å². The highest BCUT2D eigenvalue weighted by molar-refractivity contribution is 6.18. The highest BCUT2D eigenvalue weighted by Crippen LogP contribution is 2.43. The maximum absolute atomic E-state index is 6.80. The van der Waals surface area contributed by atoms with Crippen molar-refractivity contribution < 1.29 is 8.83 Å². The standard InChI is InChI=1S/C51H32N4O2/c1-3-14-31(15-4-1)49-52-50(32-16-5-2-6-17-32)54-51(53-49)38-22-11-21-37-46-34(20-12-26-44(46)57-48(37)38)33-28-29-43-39(30-33)47-42(25-13-27-45(47)56-43)55-40-23-9-7-18-35(40)36-19-8-10-24-41(36)55/h1-30,51H,(H,52,53,54). The summed E-state index contributed by atoms with van der Waals surface area (Å²) >= 11 is 0. The Bertz CT molecular complexity index is 3390. The minimum Gasteiger partial charge on any atom is -0.456 e. The predicted octanol–water partition coefficient (Wildman–Crippen LogP) is 12.7. The van der Waals surface area contributed by atoms with Gasteiger partial charge in [0, 0.05) is 43.6 Å². The van der Waals surface area contributed by atoms with Crippen LogP contribution in [-0.4, -0.2) is 16.2 Å². The van der Waals surface area contributed by atoms with Crippen LogP contribution in [0.4, 0.5) is 0 Å². The molecule has 4 heterocycles. The molecule has 1 aliphatic rings. The van der Waals surface area contributed by atoms with Crippen molar-refractivity contribution in [1.29, 1.82) is 0 Å². The van der Waals surface area contributed by atoms with E-state index in [9.17, 15) is 0 Å². The van der Waals surface area contributed by atoms with Gasteiger partial charge in [-0.2, -0.15) is 0 Å². The summed E-state index contributed by atoms with van der Waals surface area (Å²) < 4.78 is 15.7. The molecule has 57 heavy (non-hydrogen) atoms. The molecule has 0 amide bonds. The first-order valence-electron chi connectivity index (χ1n) is 19.2. The minimum atomic E-state index is -0.423. The van der Waals surface area contributed by atoms with Gasteiger partial charge in [-0.15, -0.1) is 0 Å². The molecule has 0 fully saturated rings. The summed E-state index contributed by atoms with van der Waals surface area (Å²) in [4.78, 5) is 10.2. The lowest BCUT2D eigenvalue weighted by Gasteiger charge is -2.23. The molecule has 0 saturated carbocycles. The second-order valence-corrected chi connectivity index (χ2v) is 14.5. The normalized spacial score (nSPS) is 14.5. The Balaban J connectivity index is 1.03. The number of para-hydroxylation sites is 3. The van der Waals surface area contributed by atoms with Crippen molar-refractivity contribution in [3.05, 3.63) is 199 Å². The SMILES string of the molecule is c1ccc(C2=NC(c3cccc4c3oc3cccc(-c5ccc6oc7cccc(-n8c9ccccc9c9ccccc98)c7c6c5)c34)NC(c3ccccc3)=N2)cc1. The van der Waals surface area contributed by atoms with Gasteiger partial charge in [-0.3, -0.25) is 0 Å². The molecule has 6 heteroatoms. The smallest absolute Gasteiger partial charge is 0.159 e. The van der Waals surface area contributed by atoms with E-state index in [1.807, 2.05) is 48.5 Å². The van der Waals surface area contributed by atoms with Gasteiger partial charge in [0.15, 0.2) is 12.0 Å². The summed E-state index contributed by atoms with van der Waals surface area (Å²) in [5.74, 6) is 1.44. The van der Waals surface area contributed by atoms with Gasteiger partial charge in [0.2, 0.25) is 0 Å². The third-order valence-corrected chi connectivity index (χ3v) is 11.3. The summed E-state index contributed by atoms with van der Waals surface area (Å²) in [6.07, 6.45) is -0.423. The second-order valence-electron chi connectivity index (χ2n) is 14.5. The Morgan fingerprint density at radius 2 is 1.12 bits per heavy atom. The van der Waals surface area contributed by atoms with E-state index in [4.69, 9.17) is 18.8 Å². The maximum Gasteiger partial charge on any atom is 0.159 e. The highest BCUT2D eigenvalue weighted by Gasteiger charge is 2.26. The van der Waals surface area contributed by atoms with E-state index in [0.29, 0.717) is 5.84 Å². The highest BCUT2D eigenvalue weighted by atomic mass is 16.3. The van der Waals surface area contributed by atoms with Gasteiger partial charge in [0.05, 0.1) is 22.1 Å². The average molecular weight is 733 g/mol. The van der Waals surface area contributed by atoms with Gasteiger partial charge in [-0.05, 0) is 53.6 Å². The third-order valence-electron chi connectivity index (χ3n) is 11.3. The van der Waals surface area contributed by atoms with Gasteiger partial charge < -0.3 is 18.7 Å². The molecule has 0 aliphatic carbocycles. The molecule has 8 aromatic carbocycles. The monoisotopic (exact) mass is 732 g/mol. The van der Waals surface area contributed by atoms with Crippen LogP contribution in [0.1, 0.15) is 22.9 Å². The van der Waals surface area contributed by atoms with E-state index >= 15 is 0 Å². The molecule has 12 rings (SSSR count). The summed E-state index contributed by atoms with van der Waals surface area (Å²) in [7, 11) is 0. The molecule has 0 spiro atoms. The predicted molar refractivity (Wildman–Crippen MR) is 233 cm³/mol. The number of rotatable bonds is 5. The number of nitrogens with one attached hydrogen (secondary N) is 1. The number of furan rings is 2. The number of aromatic nitrogens is 1. The molecule has 1 aliphatic heterocycles. The Kier molecular flexibility index (Phi) is 6.89. The van der Waals surface area contributed by atoms with Gasteiger partial charge >= 0.3 is 0 Å². The number of benzene rings is 8. The van der Waals surface area contributed by atoms with Crippen LogP contribution in [0.3, 0.4) is 0 Å². The Morgan fingerprint density at radius 3 is 1.89 bits per heavy atom. The zero-order valence-corrected chi connectivity index (χ0v) is 30.6. The lowest BCUT2D eigenvalue weighted by Crippen LogP contribution is -2.33. The van der Waals surface area contributed by atoms with E-state index in [-0.39, 0.29) is 0 Å². The van der Waals surface area contributed by atoms with Gasteiger partial charge in [-0.25, -0.2) is 9.98 Å². The van der Waals surface area contributed by atoms with Crippen molar-refractivity contribution in [3.8, 4) is 16.8 Å². The first kappa shape index (κ1) is 31.6. The van der Waals surface area contributed by atoms with Gasteiger partial charge in [0.1, 0.15) is 28.2 Å². The van der Waals surface area contributed by atoms with Crippen molar-refractivity contribution in [1.82, 2.24) is 9.88 Å². The molecule has 1 atom stereocenters. The van der Waals surface area contributed by atoms with Crippen molar-refractivity contribution in [3.63, 3.8) is 0 Å². The van der Waals surface area contributed by atoms with Crippen molar-refractivity contribution in [2.75, 3.05) is 0 Å². The third kappa shape index (κ3) is 4.90. The number of fused-ring (bicyclic) bond motifs is 9. The van der Waals surface area contributed by atoms with Crippen LogP contribution in [0.25, 0.3) is 82.5 Å². The van der Waals surface area contributed by atoms with E-state index in [1.54, 1.807) is 0 Å². The summed E-state index contributed by atoms with van der Waals surface area (Å²) in [6.45, 7) is 0. The van der Waals surface area contributed by atoms with Crippen LogP contribution >= 0.6 is 0 Å². The quantitative estimate of drug-likeness (QED) is 0.192. The number of hydrogen-bond donors (Lipinski definition) is 1. The zero-order chi connectivity index (χ0) is 37.5. The molecule has 0 radical (unpaired) electrons. The molecule has 268 valence electrons. The average Bonchev–Trinajstić information content (AvgIpc) is 3.96. The molecule has 6 nitrogen and oxygen atoms in total. The first-order valence-corrected chi connectivity index (χ1v) is 19.2. The Morgan fingerprint density at radius 1 is 0.474 bits per heavy atom. The first-order chi connectivity index (χ1) is 28.3. The van der Waals surface area contributed by atoms with E-state index < -0.39 is 6.17 Å². The van der Waals surface area contributed by atoms with Crippen LogP contribution in [0, 0.1) is 0 Å². The molecular weight excluding hydrogens is 701 g/mol. The molecule has 1 N–H and O–H groups in total. The fourth-order valence-corrected chi connectivity index (χ4v) is 8.74. The van der Waals surface area contributed by atoms with Crippen molar-refractivity contribution in [2.45, 2.75) is 6.17 Å². The summed E-state index contributed by atoms with van der Waals surface area (Å²) in [5.41, 5.74) is 11.8. The molecule has 11 aromatic rings. The fraction of sp³-hybridized carbons (Fsp3) is 0.0196. The lowest BCUT2D eigenvalue weighted by molar-refractivity contribution is 0.628. The summed E-state index contributed by atoms with van der Waals surface area (Å²) in [6, 6.07) is 63.1. The van der Waals surface area contributed by atoms with Crippen LogP contribution in [0.2, 0.25) is 0 Å². The van der Waals surface area contributed by atoms with Crippen LogP contribution in [0.15, 0.2) is 201 Å². The van der Waals surface area contributed by atoms with Gasteiger partial charge in [-0.1, -0.05) is 140 Å². The topological polar surface area (TPSA) is 68.0 Å². The largest absolute Gasteiger partial charge is 0.456 e. The van der Waals surface area contributed by atoms with Crippen molar-refractivity contribution in [2.24, 2.45) is 9.98 Å². The lowest BCUT2D eigenvalue weighted by atomic mass is 9.97. The van der Waals surface area contributed by atoms with E-state index in [1.165, 1.54) is 10.8 Å². The second kappa shape index (κ2) is 12.4. The van der Waals surface area contributed by atoms with Crippen LogP contribution < -0.4 is 5.32 Å².